The number of aryl methyl sites for hydroxylation is 1. The zero-order valence-corrected chi connectivity index (χ0v) is 11.6. The van der Waals surface area contributed by atoms with Gasteiger partial charge in [-0.2, -0.15) is 0 Å². The number of nitrogens with one attached hydrogen (secondary N) is 1. The molecule has 0 unspecified atom stereocenters. The van der Waals surface area contributed by atoms with E-state index in [1.807, 2.05) is 37.3 Å². The maximum atomic E-state index is 6.01. The second-order valence-electron chi connectivity index (χ2n) is 4.41. The molecule has 0 saturated carbocycles. The normalized spacial score (nSPS) is 10.5. The lowest BCUT2D eigenvalue weighted by atomic mass is 10.1. The van der Waals surface area contributed by atoms with Gasteiger partial charge in [-0.05, 0) is 30.7 Å². The lowest BCUT2D eigenvalue weighted by Crippen LogP contribution is -1.92. The smallest absolute Gasteiger partial charge is 0.147 e. The zero-order valence-electron chi connectivity index (χ0n) is 10.8. The first-order valence-electron chi connectivity index (χ1n) is 6.11. The molecule has 3 aromatic rings. The number of pyridine rings is 1. The van der Waals surface area contributed by atoms with E-state index in [0.29, 0.717) is 5.02 Å². The van der Waals surface area contributed by atoms with E-state index in [4.69, 9.17) is 16.1 Å². The molecule has 3 rings (SSSR count). The molecule has 4 nitrogen and oxygen atoms in total. The minimum atomic E-state index is 0.704. The topological polar surface area (TPSA) is 51.0 Å². The summed E-state index contributed by atoms with van der Waals surface area (Å²) in [5.74, 6) is 0. The Bertz CT molecular complexity index is 739. The number of anilines is 2. The Kier molecular flexibility index (Phi) is 3.39. The third-order valence-corrected chi connectivity index (χ3v) is 3.16. The van der Waals surface area contributed by atoms with Gasteiger partial charge in [-0.3, -0.25) is 4.98 Å². The fraction of sp³-hybridized carbons (Fsp3) is 0.0667. The molecule has 0 aliphatic carbocycles. The summed E-state index contributed by atoms with van der Waals surface area (Å²) in [6.45, 7) is 1.88. The number of hydrogen-bond acceptors (Lipinski definition) is 4. The van der Waals surface area contributed by atoms with E-state index < -0.39 is 0 Å². The van der Waals surface area contributed by atoms with E-state index in [0.717, 1.165) is 28.2 Å². The van der Waals surface area contributed by atoms with Crippen molar-refractivity contribution < 1.29 is 4.52 Å². The van der Waals surface area contributed by atoms with Crippen LogP contribution in [0.15, 0.2) is 53.5 Å². The van der Waals surface area contributed by atoms with Crippen molar-refractivity contribution in [2.45, 2.75) is 6.92 Å². The highest BCUT2D eigenvalue weighted by atomic mass is 35.5. The standard InChI is InChI=1S/C15H12ClN3O/c1-10-15(9-20-19-10)18-14-6-12(7-17-8-14)11-3-2-4-13(16)5-11/h2-9,18H,1H3. The summed E-state index contributed by atoms with van der Waals surface area (Å²) >= 11 is 6.01. The highest BCUT2D eigenvalue weighted by Crippen LogP contribution is 2.26. The van der Waals surface area contributed by atoms with Crippen LogP contribution in [0.4, 0.5) is 11.4 Å². The third kappa shape index (κ3) is 2.65. The maximum Gasteiger partial charge on any atom is 0.147 e. The van der Waals surface area contributed by atoms with Crippen LogP contribution < -0.4 is 5.32 Å². The predicted octanol–water partition coefficient (Wildman–Crippen LogP) is 4.44. The Balaban J connectivity index is 1.92. The first kappa shape index (κ1) is 12.7. The van der Waals surface area contributed by atoms with Crippen LogP contribution in [0, 0.1) is 6.92 Å². The van der Waals surface area contributed by atoms with Gasteiger partial charge in [0.05, 0.1) is 11.9 Å². The van der Waals surface area contributed by atoms with Crippen molar-refractivity contribution in [3.8, 4) is 11.1 Å². The van der Waals surface area contributed by atoms with Crippen LogP contribution in [0.1, 0.15) is 5.69 Å². The number of rotatable bonds is 3. The summed E-state index contributed by atoms with van der Waals surface area (Å²) in [7, 11) is 0. The molecule has 0 radical (unpaired) electrons. The molecule has 20 heavy (non-hydrogen) atoms. The number of aromatic nitrogens is 2. The van der Waals surface area contributed by atoms with Crippen molar-refractivity contribution in [3.63, 3.8) is 0 Å². The van der Waals surface area contributed by atoms with Crippen LogP contribution >= 0.6 is 11.6 Å². The Morgan fingerprint density at radius 3 is 2.80 bits per heavy atom. The maximum absolute atomic E-state index is 6.01. The molecule has 0 saturated heterocycles. The molecule has 0 atom stereocenters. The Hall–Kier alpha value is -2.33. The summed E-state index contributed by atoms with van der Waals surface area (Å²) in [5, 5.41) is 7.76. The van der Waals surface area contributed by atoms with Crippen LogP contribution in [0.3, 0.4) is 0 Å². The fourth-order valence-corrected chi connectivity index (χ4v) is 2.09. The number of hydrogen-bond donors (Lipinski definition) is 1. The summed E-state index contributed by atoms with van der Waals surface area (Å²) in [4.78, 5) is 4.24. The van der Waals surface area contributed by atoms with Crippen LogP contribution in [0.2, 0.25) is 5.02 Å². The van der Waals surface area contributed by atoms with Gasteiger partial charge in [-0.15, -0.1) is 0 Å². The molecule has 0 spiro atoms. The molecule has 5 heteroatoms. The summed E-state index contributed by atoms with van der Waals surface area (Å²) in [5.41, 5.74) is 4.52. The van der Waals surface area contributed by atoms with Crippen LogP contribution in [-0.2, 0) is 0 Å². The van der Waals surface area contributed by atoms with Crippen LogP contribution in [0.5, 0.6) is 0 Å². The van der Waals surface area contributed by atoms with Gasteiger partial charge in [0.2, 0.25) is 0 Å². The van der Waals surface area contributed by atoms with Gasteiger partial charge in [-0.1, -0.05) is 28.9 Å². The molecule has 0 fully saturated rings. The van der Waals surface area contributed by atoms with E-state index >= 15 is 0 Å². The lowest BCUT2D eigenvalue weighted by molar-refractivity contribution is 0.415. The number of benzene rings is 1. The highest BCUT2D eigenvalue weighted by molar-refractivity contribution is 6.30. The molecule has 1 aromatic carbocycles. The van der Waals surface area contributed by atoms with Crippen molar-refractivity contribution in [3.05, 3.63) is 59.7 Å². The van der Waals surface area contributed by atoms with Gasteiger partial charge in [-0.25, -0.2) is 0 Å². The van der Waals surface area contributed by atoms with Gasteiger partial charge >= 0.3 is 0 Å². The van der Waals surface area contributed by atoms with Gasteiger partial charge < -0.3 is 9.84 Å². The quantitative estimate of drug-likeness (QED) is 0.773. The first-order valence-corrected chi connectivity index (χ1v) is 6.49. The molecule has 2 aromatic heterocycles. The van der Waals surface area contributed by atoms with E-state index in [9.17, 15) is 0 Å². The minimum absolute atomic E-state index is 0.704. The number of nitrogens with zero attached hydrogens (tertiary/aromatic N) is 2. The zero-order chi connectivity index (χ0) is 13.9. The Labute approximate surface area is 121 Å². The number of halogens is 1. The molecule has 0 aliphatic rings. The molecule has 0 bridgehead atoms. The fourth-order valence-electron chi connectivity index (χ4n) is 1.90. The van der Waals surface area contributed by atoms with Crippen molar-refractivity contribution in [2.24, 2.45) is 0 Å². The van der Waals surface area contributed by atoms with Crippen LogP contribution in [-0.4, -0.2) is 10.1 Å². The molecule has 2 heterocycles. The molecule has 100 valence electrons. The first-order chi connectivity index (χ1) is 9.72. The SMILES string of the molecule is Cc1nocc1Nc1cncc(-c2cccc(Cl)c2)c1. The third-order valence-electron chi connectivity index (χ3n) is 2.93. The minimum Gasteiger partial charge on any atom is -0.362 e. The van der Waals surface area contributed by atoms with Crippen molar-refractivity contribution in [1.29, 1.82) is 0 Å². The molecule has 1 N–H and O–H groups in total. The van der Waals surface area contributed by atoms with Crippen LogP contribution in [0.25, 0.3) is 11.1 Å². The van der Waals surface area contributed by atoms with Gasteiger partial charge in [0, 0.05) is 16.8 Å². The lowest BCUT2D eigenvalue weighted by Gasteiger charge is -2.07. The summed E-state index contributed by atoms with van der Waals surface area (Å²) < 4.78 is 4.90. The largest absolute Gasteiger partial charge is 0.362 e. The summed E-state index contributed by atoms with van der Waals surface area (Å²) in [6, 6.07) is 9.68. The van der Waals surface area contributed by atoms with E-state index in [1.165, 1.54) is 0 Å². The average Bonchev–Trinajstić information content (AvgIpc) is 2.85. The monoisotopic (exact) mass is 285 g/mol. The van der Waals surface area contributed by atoms with Crippen molar-refractivity contribution in [2.75, 3.05) is 5.32 Å². The molecule has 0 aliphatic heterocycles. The predicted molar refractivity (Wildman–Crippen MR) is 79.2 cm³/mol. The van der Waals surface area contributed by atoms with Gasteiger partial charge in [0.25, 0.3) is 0 Å². The van der Waals surface area contributed by atoms with E-state index in [1.54, 1.807) is 18.7 Å². The van der Waals surface area contributed by atoms with Crippen molar-refractivity contribution in [1.82, 2.24) is 10.1 Å². The van der Waals surface area contributed by atoms with Crippen molar-refractivity contribution >= 4 is 23.0 Å². The highest BCUT2D eigenvalue weighted by Gasteiger charge is 2.05. The molecular formula is C15H12ClN3O. The molecular weight excluding hydrogens is 274 g/mol. The second-order valence-corrected chi connectivity index (χ2v) is 4.85. The van der Waals surface area contributed by atoms with E-state index in [2.05, 4.69) is 15.5 Å². The Morgan fingerprint density at radius 1 is 1.15 bits per heavy atom. The Morgan fingerprint density at radius 2 is 2.05 bits per heavy atom. The van der Waals surface area contributed by atoms with Gasteiger partial charge in [0.15, 0.2) is 0 Å². The van der Waals surface area contributed by atoms with Gasteiger partial charge in [0.1, 0.15) is 17.6 Å². The molecule has 0 amide bonds. The summed E-state index contributed by atoms with van der Waals surface area (Å²) in [6.07, 6.45) is 5.12. The van der Waals surface area contributed by atoms with E-state index in [-0.39, 0.29) is 0 Å². The second kappa shape index (κ2) is 5.35. The average molecular weight is 286 g/mol.